The molecule has 5 aromatic rings. The molecule has 0 N–H and O–H groups in total. The topological polar surface area (TPSA) is 18.1 Å². The number of nitrogens with zero attached hydrogens (tertiary/aromatic N) is 1. The highest BCUT2D eigenvalue weighted by Gasteiger charge is 2.15. The molecule has 0 aliphatic carbocycles. The van der Waals surface area contributed by atoms with E-state index in [9.17, 15) is 0 Å². The van der Waals surface area contributed by atoms with Crippen molar-refractivity contribution in [2.24, 2.45) is 0 Å². The molecule has 0 saturated heterocycles. The highest BCUT2D eigenvalue weighted by Crippen LogP contribution is 2.36. The van der Waals surface area contributed by atoms with Gasteiger partial charge in [0.25, 0.3) is 0 Å². The van der Waals surface area contributed by atoms with Crippen molar-refractivity contribution in [3.63, 3.8) is 0 Å². The number of fused-ring (bicyclic) bond motifs is 5. The van der Waals surface area contributed by atoms with Gasteiger partial charge in [-0.1, -0.05) is 36.4 Å². The van der Waals surface area contributed by atoms with Gasteiger partial charge in [-0.3, -0.25) is 0 Å². The molecular weight excluding hydrogens is 270 g/mol. The molecule has 2 heteroatoms. The molecule has 2 heterocycles. The Morgan fingerprint density at radius 2 is 1.50 bits per heavy atom. The highest BCUT2D eigenvalue weighted by molar-refractivity contribution is 6.19. The summed E-state index contributed by atoms with van der Waals surface area (Å²) in [6, 6.07) is 25.3. The third kappa shape index (κ3) is 1.44. The van der Waals surface area contributed by atoms with Crippen molar-refractivity contribution in [2.45, 2.75) is 0 Å². The van der Waals surface area contributed by atoms with Gasteiger partial charge in [-0.15, -0.1) is 0 Å². The fourth-order valence-electron chi connectivity index (χ4n) is 3.33. The van der Waals surface area contributed by atoms with Gasteiger partial charge in [0, 0.05) is 16.5 Å². The molecule has 0 bridgehead atoms. The lowest BCUT2D eigenvalue weighted by Crippen LogP contribution is -1.92. The Labute approximate surface area is 127 Å². The van der Waals surface area contributed by atoms with Crippen LogP contribution in [0.1, 0.15) is 0 Å². The minimum absolute atomic E-state index is 0.961. The van der Waals surface area contributed by atoms with Crippen LogP contribution >= 0.6 is 0 Å². The number of benzene rings is 3. The zero-order valence-electron chi connectivity index (χ0n) is 11.9. The predicted molar refractivity (Wildman–Crippen MR) is 90.6 cm³/mol. The van der Waals surface area contributed by atoms with Gasteiger partial charge in [0.05, 0.1) is 22.7 Å². The van der Waals surface area contributed by atoms with Gasteiger partial charge in [-0.05, 0) is 36.4 Å². The summed E-state index contributed by atoms with van der Waals surface area (Å²) in [5, 5.41) is 3.55. The lowest BCUT2D eigenvalue weighted by molar-refractivity contribution is 0.619. The van der Waals surface area contributed by atoms with Gasteiger partial charge in [0.15, 0.2) is 0 Å². The molecule has 0 amide bonds. The molecule has 5 rings (SSSR count). The van der Waals surface area contributed by atoms with Crippen LogP contribution in [0.3, 0.4) is 0 Å². The molecule has 2 nitrogen and oxygen atoms in total. The van der Waals surface area contributed by atoms with E-state index in [0.29, 0.717) is 0 Å². The average Bonchev–Trinajstić information content (AvgIpc) is 3.17. The van der Waals surface area contributed by atoms with Crippen molar-refractivity contribution in [2.75, 3.05) is 0 Å². The summed E-state index contributed by atoms with van der Waals surface area (Å²) in [6.07, 6.45) is 1.76. The Kier molecular flexibility index (Phi) is 2.25. The normalized spacial score (nSPS) is 11.6. The maximum Gasteiger partial charge on any atom is 0.143 e. The fourth-order valence-corrected chi connectivity index (χ4v) is 3.33. The first-order valence-electron chi connectivity index (χ1n) is 7.38. The van der Waals surface area contributed by atoms with E-state index in [4.69, 9.17) is 4.42 Å². The zero-order chi connectivity index (χ0) is 14.5. The molecule has 0 fully saturated rings. The molecule has 0 unspecified atom stereocenters. The fraction of sp³-hybridized carbons (Fsp3) is 0. The molecule has 2 aromatic heterocycles. The van der Waals surface area contributed by atoms with Crippen LogP contribution in [0, 0.1) is 0 Å². The first-order chi connectivity index (χ1) is 10.9. The van der Waals surface area contributed by atoms with E-state index in [1.54, 1.807) is 6.26 Å². The summed E-state index contributed by atoms with van der Waals surface area (Å²) in [6.45, 7) is 0. The summed E-state index contributed by atoms with van der Waals surface area (Å²) in [5.41, 5.74) is 4.51. The van der Waals surface area contributed by atoms with Crippen molar-refractivity contribution in [3.05, 3.63) is 79.1 Å². The van der Waals surface area contributed by atoms with E-state index >= 15 is 0 Å². The van der Waals surface area contributed by atoms with E-state index < -0.39 is 0 Å². The van der Waals surface area contributed by atoms with E-state index in [1.807, 2.05) is 12.1 Å². The van der Waals surface area contributed by atoms with E-state index in [-0.39, 0.29) is 0 Å². The Morgan fingerprint density at radius 3 is 2.41 bits per heavy atom. The van der Waals surface area contributed by atoms with Gasteiger partial charge in [0.1, 0.15) is 5.58 Å². The second-order valence-corrected chi connectivity index (χ2v) is 5.49. The second-order valence-electron chi connectivity index (χ2n) is 5.49. The van der Waals surface area contributed by atoms with Crippen LogP contribution in [0.4, 0.5) is 0 Å². The molecule has 22 heavy (non-hydrogen) atoms. The zero-order valence-corrected chi connectivity index (χ0v) is 11.9. The van der Waals surface area contributed by atoms with Crippen LogP contribution in [0.15, 0.2) is 83.5 Å². The predicted octanol–water partition coefficient (Wildman–Crippen LogP) is 5.53. The quantitative estimate of drug-likeness (QED) is 0.395. The van der Waals surface area contributed by atoms with Gasteiger partial charge in [0.2, 0.25) is 0 Å². The molecule has 0 aliphatic heterocycles. The van der Waals surface area contributed by atoms with Gasteiger partial charge < -0.3 is 8.98 Å². The average molecular weight is 283 g/mol. The van der Waals surface area contributed by atoms with Crippen molar-refractivity contribution < 1.29 is 4.42 Å². The van der Waals surface area contributed by atoms with Crippen LogP contribution in [-0.2, 0) is 0 Å². The summed E-state index contributed by atoms with van der Waals surface area (Å²) in [5.74, 6) is 0. The van der Waals surface area contributed by atoms with Crippen LogP contribution in [0.2, 0.25) is 0 Å². The molecule has 104 valence electrons. The highest BCUT2D eigenvalue weighted by atomic mass is 16.3. The van der Waals surface area contributed by atoms with Crippen molar-refractivity contribution in [1.82, 2.24) is 4.57 Å². The van der Waals surface area contributed by atoms with E-state index in [2.05, 4.69) is 65.2 Å². The SMILES string of the molecule is c1ccc(-n2c3ccccc3c3c4occc4ccc32)cc1. The van der Waals surface area contributed by atoms with Crippen LogP contribution < -0.4 is 0 Å². The minimum Gasteiger partial charge on any atom is -0.464 e. The van der Waals surface area contributed by atoms with Crippen LogP contribution in [0.25, 0.3) is 38.5 Å². The van der Waals surface area contributed by atoms with Crippen LogP contribution in [-0.4, -0.2) is 4.57 Å². The summed E-state index contributed by atoms with van der Waals surface area (Å²) in [4.78, 5) is 0. The van der Waals surface area contributed by atoms with E-state index in [0.717, 1.165) is 11.0 Å². The van der Waals surface area contributed by atoms with Crippen LogP contribution in [0.5, 0.6) is 0 Å². The molecular formula is C20H13NO. The molecule has 0 atom stereocenters. The third-order valence-corrected chi connectivity index (χ3v) is 4.27. The number of aromatic nitrogens is 1. The Morgan fingerprint density at radius 1 is 0.682 bits per heavy atom. The number of hydrogen-bond donors (Lipinski definition) is 0. The Balaban J connectivity index is 2.08. The molecule has 0 spiro atoms. The Hall–Kier alpha value is -3.00. The molecule has 0 aliphatic rings. The van der Waals surface area contributed by atoms with Crippen molar-refractivity contribution in [1.29, 1.82) is 0 Å². The number of hydrogen-bond acceptors (Lipinski definition) is 1. The molecule has 0 saturated carbocycles. The first-order valence-corrected chi connectivity index (χ1v) is 7.38. The minimum atomic E-state index is 0.961. The number of rotatable bonds is 1. The maximum atomic E-state index is 5.78. The molecule has 0 radical (unpaired) electrons. The Bertz CT molecular complexity index is 1120. The standard InChI is InChI=1S/C20H13NO/c1-2-6-15(7-3-1)21-17-9-5-4-8-16(17)19-18(21)11-10-14-12-13-22-20(14)19/h1-13H. The van der Waals surface area contributed by atoms with Crippen molar-refractivity contribution in [3.8, 4) is 5.69 Å². The van der Waals surface area contributed by atoms with Crippen molar-refractivity contribution >= 4 is 32.8 Å². The second kappa shape index (κ2) is 4.25. The van der Waals surface area contributed by atoms with Gasteiger partial charge in [-0.2, -0.15) is 0 Å². The smallest absolute Gasteiger partial charge is 0.143 e. The lowest BCUT2D eigenvalue weighted by Gasteiger charge is -2.07. The maximum absolute atomic E-state index is 5.78. The first kappa shape index (κ1) is 11.6. The number of para-hydroxylation sites is 2. The summed E-state index contributed by atoms with van der Waals surface area (Å²) in [7, 11) is 0. The third-order valence-electron chi connectivity index (χ3n) is 4.27. The number of furan rings is 1. The van der Waals surface area contributed by atoms with Gasteiger partial charge in [-0.25, -0.2) is 0 Å². The monoisotopic (exact) mass is 283 g/mol. The van der Waals surface area contributed by atoms with Gasteiger partial charge >= 0.3 is 0 Å². The summed E-state index contributed by atoms with van der Waals surface area (Å²) >= 11 is 0. The lowest BCUT2D eigenvalue weighted by atomic mass is 10.1. The summed E-state index contributed by atoms with van der Waals surface area (Å²) < 4.78 is 8.07. The van der Waals surface area contributed by atoms with E-state index in [1.165, 1.54) is 27.5 Å². The largest absolute Gasteiger partial charge is 0.464 e. The molecule has 3 aromatic carbocycles.